The Morgan fingerprint density at radius 2 is 2.23 bits per heavy atom. The molecule has 0 spiro atoms. The molecule has 112 valence electrons. The molecular weight excluding hydrogens is 298 g/mol. The number of nitrogens with one attached hydrogen (secondary N) is 1. The number of para-hydroxylation sites is 1. The van der Waals surface area contributed by atoms with E-state index < -0.39 is 6.10 Å². The van der Waals surface area contributed by atoms with Crippen LogP contribution in [0.15, 0.2) is 57.7 Å². The van der Waals surface area contributed by atoms with E-state index in [2.05, 4.69) is 5.32 Å². The van der Waals surface area contributed by atoms with Gasteiger partial charge in [-0.15, -0.1) is 0 Å². The molecule has 0 saturated heterocycles. The summed E-state index contributed by atoms with van der Waals surface area (Å²) in [4.78, 5) is 11.8. The first-order chi connectivity index (χ1) is 10.7. The number of aliphatic hydroxyl groups excluding tert-OH is 1. The number of benzene rings is 1. The smallest absolute Gasteiger partial charge is 0.244 e. The van der Waals surface area contributed by atoms with Crippen molar-refractivity contribution in [2.75, 3.05) is 6.54 Å². The first kappa shape index (κ1) is 14.6. The van der Waals surface area contributed by atoms with Crippen LogP contribution >= 0.6 is 11.3 Å². The molecule has 0 bridgehead atoms. The number of carbonyl (C=O) groups excluding carboxylic acids is 1. The van der Waals surface area contributed by atoms with Gasteiger partial charge in [0.25, 0.3) is 0 Å². The molecule has 2 N–H and O–H groups in total. The predicted octanol–water partition coefficient (Wildman–Crippen LogP) is 3.36. The zero-order valence-corrected chi connectivity index (χ0v) is 12.5. The quantitative estimate of drug-likeness (QED) is 0.710. The minimum atomic E-state index is -0.685. The highest BCUT2D eigenvalue weighted by Crippen LogP contribution is 2.19. The number of thiophene rings is 1. The first-order valence-corrected chi connectivity index (χ1v) is 7.81. The third kappa shape index (κ3) is 3.44. The lowest BCUT2D eigenvalue weighted by Crippen LogP contribution is -2.26. The number of hydrogen-bond acceptors (Lipinski definition) is 4. The van der Waals surface area contributed by atoms with Crippen molar-refractivity contribution >= 4 is 34.3 Å². The minimum absolute atomic E-state index is 0.181. The highest BCUT2D eigenvalue weighted by atomic mass is 32.1. The topological polar surface area (TPSA) is 62.5 Å². The van der Waals surface area contributed by atoms with E-state index in [1.165, 1.54) is 17.4 Å². The number of carbonyl (C=O) groups is 1. The van der Waals surface area contributed by atoms with Crippen LogP contribution in [0.3, 0.4) is 0 Å². The maximum absolute atomic E-state index is 11.8. The van der Waals surface area contributed by atoms with Gasteiger partial charge in [-0.3, -0.25) is 4.79 Å². The molecule has 1 unspecified atom stereocenters. The van der Waals surface area contributed by atoms with Crippen LogP contribution in [0.25, 0.3) is 17.0 Å². The molecule has 2 aromatic heterocycles. The molecule has 4 nitrogen and oxygen atoms in total. The van der Waals surface area contributed by atoms with Gasteiger partial charge in [-0.2, -0.15) is 11.3 Å². The van der Waals surface area contributed by atoms with Gasteiger partial charge in [-0.25, -0.2) is 0 Å². The molecule has 2 heterocycles. The summed E-state index contributed by atoms with van der Waals surface area (Å²) in [6.45, 7) is 0.181. The van der Waals surface area contributed by atoms with Crippen molar-refractivity contribution in [2.24, 2.45) is 0 Å². The molecule has 0 radical (unpaired) electrons. The summed E-state index contributed by atoms with van der Waals surface area (Å²) in [5.74, 6) is 0.351. The largest absolute Gasteiger partial charge is 0.457 e. The van der Waals surface area contributed by atoms with Crippen molar-refractivity contribution in [3.8, 4) is 0 Å². The second-order valence-corrected chi connectivity index (χ2v) is 5.62. The molecule has 5 heteroatoms. The summed E-state index contributed by atoms with van der Waals surface area (Å²) < 4.78 is 5.59. The number of furan rings is 1. The monoisotopic (exact) mass is 313 g/mol. The van der Waals surface area contributed by atoms with Gasteiger partial charge in [0, 0.05) is 18.0 Å². The van der Waals surface area contributed by atoms with E-state index in [0.29, 0.717) is 5.76 Å². The minimum Gasteiger partial charge on any atom is -0.457 e. The summed E-state index contributed by atoms with van der Waals surface area (Å²) >= 11 is 1.51. The van der Waals surface area contributed by atoms with E-state index in [0.717, 1.165) is 16.5 Å². The highest BCUT2D eigenvalue weighted by Gasteiger charge is 2.08. The van der Waals surface area contributed by atoms with Crippen molar-refractivity contribution < 1.29 is 14.3 Å². The SMILES string of the molecule is O=C(/C=C/c1cc2ccccc2o1)NCC(O)c1ccsc1. The molecule has 3 aromatic rings. The Labute approximate surface area is 131 Å². The maximum Gasteiger partial charge on any atom is 0.244 e. The van der Waals surface area contributed by atoms with E-state index in [1.54, 1.807) is 6.08 Å². The number of hydrogen-bond donors (Lipinski definition) is 2. The average molecular weight is 313 g/mol. The van der Waals surface area contributed by atoms with Crippen molar-refractivity contribution in [1.29, 1.82) is 0 Å². The van der Waals surface area contributed by atoms with E-state index in [-0.39, 0.29) is 12.5 Å². The van der Waals surface area contributed by atoms with Gasteiger partial charge in [-0.05, 0) is 40.6 Å². The van der Waals surface area contributed by atoms with Crippen molar-refractivity contribution in [3.05, 3.63) is 64.6 Å². The second-order valence-electron chi connectivity index (χ2n) is 4.84. The molecule has 0 saturated carbocycles. The van der Waals surface area contributed by atoms with Crippen LogP contribution in [0, 0.1) is 0 Å². The van der Waals surface area contributed by atoms with E-state index in [1.807, 2.05) is 47.2 Å². The Morgan fingerprint density at radius 3 is 3.00 bits per heavy atom. The Balaban J connectivity index is 1.57. The van der Waals surface area contributed by atoms with Crippen molar-refractivity contribution in [3.63, 3.8) is 0 Å². The second kappa shape index (κ2) is 6.60. The molecule has 0 fully saturated rings. The van der Waals surface area contributed by atoms with Gasteiger partial charge < -0.3 is 14.8 Å². The fraction of sp³-hybridized carbons (Fsp3) is 0.118. The standard InChI is InChI=1S/C17H15NO3S/c19-15(13-7-8-22-11-13)10-18-17(20)6-5-14-9-12-3-1-2-4-16(12)21-14/h1-9,11,15,19H,10H2,(H,18,20)/b6-5+. The maximum atomic E-state index is 11.8. The van der Waals surface area contributed by atoms with Crippen LogP contribution in [-0.2, 0) is 4.79 Å². The van der Waals surface area contributed by atoms with Crippen LogP contribution in [0.2, 0.25) is 0 Å². The summed E-state index contributed by atoms with van der Waals surface area (Å²) in [5, 5.41) is 17.3. The van der Waals surface area contributed by atoms with E-state index in [4.69, 9.17) is 4.42 Å². The molecule has 0 aliphatic heterocycles. The number of fused-ring (bicyclic) bond motifs is 1. The Bertz CT molecular complexity index is 756. The van der Waals surface area contributed by atoms with Crippen molar-refractivity contribution in [1.82, 2.24) is 5.32 Å². The summed E-state index contributed by atoms with van der Waals surface area (Å²) in [6, 6.07) is 11.4. The van der Waals surface area contributed by atoms with Crippen LogP contribution in [-0.4, -0.2) is 17.6 Å². The summed E-state index contributed by atoms with van der Waals surface area (Å²) in [5.41, 5.74) is 1.60. The lowest BCUT2D eigenvalue weighted by Gasteiger charge is -2.08. The molecule has 1 amide bonds. The van der Waals surface area contributed by atoms with E-state index >= 15 is 0 Å². The fourth-order valence-corrected chi connectivity index (χ4v) is 2.79. The number of aliphatic hydroxyl groups is 1. The number of amides is 1. The lowest BCUT2D eigenvalue weighted by atomic mass is 10.2. The van der Waals surface area contributed by atoms with Gasteiger partial charge in [0.15, 0.2) is 0 Å². The predicted molar refractivity (Wildman–Crippen MR) is 87.5 cm³/mol. The first-order valence-electron chi connectivity index (χ1n) is 6.87. The molecule has 0 aliphatic carbocycles. The van der Waals surface area contributed by atoms with Crippen molar-refractivity contribution in [2.45, 2.75) is 6.10 Å². The Kier molecular flexibility index (Phi) is 4.37. The average Bonchev–Trinajstić information content (AvgIpc) is 3.19. The fourth-order valence-electron chi connectivity index (χ4n) is 2.08. The normalized spacial score (nSPS) is 12.8. The highest BCUT2D eigenvalue weighted by molar-refractivity contribution is 7.07. The summed E-state index contributed by atoms with van der Waals surface area (Å²) in [7, 11) is 0. The van der Waals surface area contributed by atoms with Crippen LogP contribution in [0.1, 0.15) is 17.4 Å². The van der Waals surface area contributed by atoms with Crippen LogP contribution in [0.5, 0.6) is 0 Å². The zero-order chi connectivity index (χ0) is 15.4. The molecule has 1 atom stereocenters. The lowest BCUT2D eigenvalue weighted by molar-refractivity contribution is -0.116. The molecule has 22 heavy (non-hydrogen) atoms. The van der Waals surface area contributed by atoms with Gasteiger partial charge in [0.2, 0.25) is 5.91 Å². The molecular formula is C17H15NO3S. The van der Waals surface area contributed by atoms with Gasteiger partial charge in [0.1, 0.15) is 11.3 Å². The molecule has 3 rings (SSSR count). The third-order valence-electron chi connectivity index (χ3n) is 3.24. The number of rotatable bonds is 5. The van der Waals surface area contributed by atoms with Gasteiger partial charge in [0.05, 0.1) is 6.10 Å². The molecule has 1 aromatic carbocycles. The van der Waals surface area contributed by atoms with E-state index in [9.17, 15) is 9.90 Å². The van der Waals surface area contributed by atoms with Gasteiger partial charge >= 0.3 is 0 Å². The van der Waals surface area contributed by atoms with Gasteiger partial charge in [-0.1, -0.05) is 18.2 Å². The van der Waals surface area contributed by atoms with Crippen LogP contribution in [0.4, 0.5) is 0 Å². The summed E-state index contributed by atoms with van der Waals surface area (Å²) in [6.07, 6.45) is 2.33. The third-order valence-corrected chi connectivity index (χ3v) is 3.94. The van der Waals surface area contributed by atoms with Crippen LogP contribution < -0.4 is 5.32 Å². The Morgan fingerprint density at radius 1 is 1.36 bits per heavy atom. The zero-order valence-electron chi connectivity index (χ0n) is 11.7. The molecule has 0 aliphatic rings. The Hall–Kier alpha value is -2.37.